The molecule has 0 bridgehead atoms. The molecule has 0 spiro atoms. The summed E-state index contributed by atoms with van der Waals surface area (Å²) in [5.41, 5.74) is 0.427. The van der Waals surface area contributed by atoms with E-state index in [0.29, 0.717) is 12.4 Å². The molecule has 194 valence electrons. The molecule has 9 nitrogen and oxygen atoms in total. The average molecular weight is 549 g/mol. The number of ether oxygens (including phenoxy) is 3. The minimum atomic E-state index is -4.29. The molecule has 37 heavy (non-hydrogen) atoms. The number of fused-ring (bicyclic) bond motifs is 1. The largest absolute Gasteiger partial charge is 0.486 e. The van der Waals surface area contributed by atoms with Crippen LogP contribution in [0.15, 0.2) is 65.6 Å². The molecule has 3 aromatic carbocycles. The number of nitrogens with zero attached hydrogens (tertiary/aromatic N) is 1. The smallest absolute Gasteiger partial charge is 0.339 e. The summed E-state index contributed by atoms with van der Waals surface area (Å²) < 4.78 is 57.5. The lowest BCUT2D eigenvalue weighted by atomic mass is 10.2. The van der Waals surface area contributed by atoms with Crippen molar-refractivity contribution in [3.8, 4) is 11.5 Å². The van der Waals surface area contributed by atoms with E-state index in [4.69, 9.17) is 25.8 Å². The zero-order chi connectivity index (χ0) is 26.6. The number of benzene rings is 3. The first-order valence-corrected chi connectivity index (χ1v) is 13.0. The molecular formula is C25H22ClFN2O7S. The van der Waals surface area contributed by atoms with Gasteiger partial charge in [0.1, 0.15) is 25.6 Å². The number of rotatable bonds is 8. The quantitative estimate of drug-likeness (QED) is 0.419. The van der Waals surface area contributed by atoms with E-state index in [-0.39, 0.29) is 45.8 Å². The lowest BCUT2D eigenvalue weighted by Gasteiger charge is -2.25. The third-order valence-corrected chi connectivity index (χ3v) is 7.33. The zero-order valence-electron chi connectivity index (χ0n) is 19.6. The third-order valence-electron chi connectivity index (χ3n) is 5.25. The van der Waals surface area contributed by atoms with Crippen molar-refractivity contribution >= 4 is 44.9 Å². The molecule has 0 saturated heterocycles. The van der Waals surface area contributed by atoms with Crippen LogP contribution >= 0.6 is 11.6 Å². The Morgan fingerprint density at radius 3 is 2.41 bits per heavy atom. The van der Waals surface area contributed by atoms with Gasteiger partial charge in [0.25, 0.3) is 10.0 Å². The van der Waals surface area contributed by atoms with Crippen molar-refractivity contribution in [1.29, 1.82) is 0 Å². The average Bonchev–Trinajstić information content (AvgIpc) is 2.87. The summed E-state index contributed by atoms with van der Waals surface area (Å²) in [4.78, 5) is 24.7. The van der Waals surface area contributed by atoms with Gasteiger partial charge in [0.15, 0.2) is 11.5 Å². The molecule has 3 aromatic rings. The minimum Gasteiger partial charge on any atom is -0.486 e. The molecular weight excluding hydrogens is 527 g/mol. The second-order valence-corrected chi connectivity index (χ2v) is 10.0. The third kappa shape index (κ3) is 5.95. The van der Waals surface area contributed by atoms with E-state index in [1.54, 1.807) is 6.92 Å². The molecule has 0 aliphatic carbocycles. The molecule has 4 rings (SSSR count). The Hall–Kier alpha value is -3.83. The number of sulfonamides is 1. The standard InChI is InChI=1S/C25H22ClFN2O7S/c1-2-34-25(31)20-9-5-17(13-21(20)26)28-24(30)15-29(18-6-3-16(27)4-7-18)37(32,33)19-8-10-22-23(14-19)36-12-11-35-22/h3-10,13-14H,2,11-12,15H2,1H3,(H,28,30). The van der Waals surface area contributed by atoms with E-state index >= 15 is 0 Å². The van der Waals surface area contributed by atoms with E-state index in [2.05, 4.69) is 5.32 Å². The van der Waals surface area contributed by atoms with E-state index in [1.165, 1.54) is 48.5 Å². The van der Waals surface area contributed by atoms with E-state index in [0.717, 1.165) is 16.4 Å². The molecule has 1 amide bonds. The lowest BCUT2D eigenvalue weighted by Crippen LogP contribution is -2.38. The van der Waals surface area contributed by atoms with Crippen LogP contribution in [-0.2, 0) is 19.6 Å². The van der Waals surface area contributed by atoms with E-state index in [9.17, 15) is 22.4 Å². The summed E-state index contributed by atoms with van der Waals surface area (Å²) in [6.45, 7) is 1.79. The van der Waals surface area contributed by atoms with Gasteiger partial charge in [0, 0.05) is 11.8 Å². The second kappa shape index (κ2) is 11.1. The van der Waals surface area contributed by atoms with Crippen molar-refractivity contribution in [3.05, 3.63) is 77.1 Å². The van der Waals surface area contributed by atoms with Crippen LogP contribution in [0.2, 0.25) is 5.02 Å². The van der Waals surface area contributed by atoms with Crippen molar-refractivity contribution in [2.24, 2.45) is 0 Å². The Morgan fingerprint density at radius 1 is 1.03 bits per heavy atom. The van der Waals surface area contributed by atoms with Gasteiger partial charge in [-0.15, -0.1) is 0 Å². The Bertz CT molecular complexity index is 1430. The molecule has 12 heteroatoms. The first-order valence-electron chi connectivity index (χ1n) is 11.1. The van der Waals surface area contributed by atoms with Gasteiger partial charge in [-0.1, -0.05) is 11.6 Å². The summed E-state index contributed by atoms with van der Waals surface area (Å²) in [5.74, 6) is -1.23. The van der Waals surface area contributed by atoms with Crippen LogP contribution in [0.5, 0.6) is 11.5 Å². The molecule has 1 heterocycles. The van der Waals surface area contributed by atoms with E-state index < -0.39 is 34.3 Å². The van der Waals surface area contributed by atoms with Gasteiger partial charge in [-0.25, -0.2) is 17.6 Å². The van der Waals surface area contributed by atoms with Gasteiger partial charge < -0.3 is 19.5 Å². The summed E-state index contributed by atoms with van der Waals surface area (Å²) in [6, 6.07) is 13.0. The molecule has 0 atom stereocenters. The molecule has 0 aromatic heterocycles. The fraction of sp³-hybridized carbons (Fsp3) is 0.200. The Balaban J connectivity index is 1.61. The van der Waals surface area contributed by atoms with Crippen LogP contribution in [0.25, 0.3) is 0 Å². The minimum absolute atomic E-state index is 0.0514. The zero-order valence-corrected chi connectivity index (χ0v) is 21.1. The highest BCUT2D eigenvalue weighted by Crippen LogP contribution is 2.34. The molecule has 1 aliphatic heterocycles. The van der Waals surface area contributed by atoms with Gasteiger partial charge >= 0.3 is 5.97 Å². The van der Waals surface area contributed by atoms with Crippen LogP contribution < -0.4 is 19.1 Å². The summed E-state index contributed by atoms with van der Waals surface area (Å²) in [6.07, 6.45) is 0. The molecule has 1 aliphatic rings. The predicted molar refractivity (Wildman–Crippen MR) is 134 cm³/mol. The molecule has 0 fully saturated rings. The van der Waals surface area contributed by atoms with Gasteiger partial charge in [0.05, 0.1) is 27.8 Å². The summed E-state index contributed by atoms with van der Waals surface area (Å²) >= 11 is 6.15. The number of carbonyl (C=O) groups excluding carboxylic acids is 2. The van der Waals surface area contributed by atoms with Crippen LogP contribution in [0.4, 0.5) is 15.8 Å². The number of carbonyl (C=O) groups is 2. The second-order valence-electron chi connectivity index (χ2n) is 7.76. The van der Waals surface area contributed by atoms with Crippen molar-refractivity contribution in [2.75, 3.05) is 36.0 Å². The van der Waals surface area contributed by atoms with Gasteiger partial charge in [-0.2, -0.15) is 0 Å². The van der Waals surface area contributed by atoms with E-state index in [1.807, 2.05) is 0 Å². The van der Waals surface area contributed by atoms with Gasteiger partial charge in [-0.3, -0.25) is 9.10 Å². The van der Waals surface area contributed by atoms with Crippen molar-refractivity contribution in [1.82, 2.24) is 0 Å². The Morgan fingerprint density at radius 2 is 1.73 bits per heavy atom. The Labute approximate surface area is 217 Å². The molecule has 0 radical (unpaired) electrons. The first kappa shape index (κ1) is 26.2. The highest BCUT2D eigenvalue weighted by atomic mass is 35.5. The maximum atomic E-state index is 13.6. The molecule has 1 N–H and O–H groups in total. The Kier molecular flexibility index (Phi) is 7.84. The number of halogens is 2. The number of hydrogen-bond acceptors (Lipinski definition) is 7. The van der Waals surface area contributed by atoms with Crippen LogP contribution in [0.1, 0.15) is 17.3 Å². The fourth-order valence-corrected chi connectivity index (χ4v) is 5.23. The number of nitrogens with one attached hydrogen (secondary N) is 1. The number of esters is 1. The number of anilines is 2. The maximum absolute atomic E-state index is 13.6. The monoisotopic (exact) mass is 548 g/mol. The van der Waals surface area contributed by atoms with Crippen LogP contribution in [-0.4, -0.2) is 46.7 Å². The summed E-state index contributed by atoms with van der Waals surface area (Å²) in [5, 5.41) is 2.62. The fourth-order valence-electron chi connectivity index (χ4n) is 3.53. The topological polar surface area (TPSA) is 111 Å². The summed E-state index contributed by atoms with van der Waals surface area (Å²) in [7, 11) is -4.29. The highest BCUT2D eigenvalue weighted by Gasteiger charge is 2.29. The first-order chi connectivity index (χ1) is 17.7. The normalized spacial score (nSPS) is 12.5. The van der Waals surface area contributed by atoms with Crippen LogP contribution in [0, 0.1) is 5.82 Å². The van der Waals surface area contributed by atoms with Crippen molar-refractivity contribution in [2.45, 2.75) is 11.8 Å². The van der Waals surface area contributed by atoms with Crippen molar-refractivity contribution in [3.63, 3.8) is 0 Å². The highest BCUT2D eigenvalue weighted by molar-refractivity contribution is 7.92. The van der Waals surface area contributed by atoms with Crippen LogP contribution in [0.3, 0.4) is 0 Å². The maximum Gasteiger partial charge on any atom is 0.339 e. The lowest BCUT2D eigenvalue weighted by molar-refractivity contribution is -0.114. The number of hydrogen-bond donors (Lipinski definition) is 1. The van der Waals surface area contributed by atoms with Gasteiger partial charge in [-0.05, 0) is 61.5 Å². The van der Waals surface area contributed by atoms with Crippen molar-refractivity contribution < 1.29 is 36.6 Å². The van der Waals surface area contributed by atoms with Gasteiger partial charge in [0.2, 0.25) is 5.91 Å². The molecule has 0 saturated carbocycles. The predicted octanol–water partition coefficient (Wildman–Crippen LogP) is 4.26. The molecule has 0 unspecified atom stereocenters. The SMILES string of the molecule is CCOC(=O)c1ccc(NC(=O)CN(c2ccc(F)cc2)S(=O)(=O)c2ccc3c(c2)OCCO3)cc1Cl. The number of amides is 1.